The van der Waals surface area contributed by atoms with E-state index in [1.807, 2.05) is 0 Å². The van der Waals surface area contributed by atoms with Crippen molar-refractivity contribution in [2.75, 3.05) is 13.2 Å². The Hall–Kier alpha value is -2.09. The van der Waals surface area contributed by atoms with Crippen molar-refractivity contribution < 1.29 is 18.3 Å². The van der Waals surface area contributed by atoms with Crippen LogP contribution in [0.5, 0.6) is 0 Å². The van der Waals surface area contributed by atoms with Gasteiger partial charge in [0, 0.05) is 11.6 Å². The monoisotopic (exact) mass is 308 g/mol. The molecule has 116 valence electrons. The van der Waals surface area contributed by atoms with Crippen LogP contribution in [-0.4, -0.2) is 39.3 Å². The summed E-state index contributed by atoms with van der Waals surface area (Å²) in [5, 5.41) is 6.84. The Kier molecular flexibility index (Phi) is 2.75. The van der Waals surface area contributed by atoms with E-state index in [0.717, 1.165) is 10.9 Å². The Morgan fingerprint density at radius 1 is 1.59 bits per heavy atom. The number of nitrogens with zero attached hydrogens (tertiary/aromatic N) is 3. The summed E-state index contributed by atoms with van der Waals surface area (Å²) in [5.74, 6) is 0.00549. The number of rotatable bonds is 3. The molecule has 1 aliphatic heterocycles. The van der Waals surface area contributed by atoms with Crippen LogP contribution in [-0.2, 0) is 4.74 Å². The van der Waals surface area contributed by atoms with E-state index in [4.69, 9.17) is 4.74 Å². The van der Waals surface area contributed by atoms with Crippen LogP contribution in [0.3, 0.4) is 0 Å². The SMILES string of the molecule is Cc1cc(C(F)F)n2ncc(C(=O)N[C@@]34COC[C@@H]3C4)c2n1. The molecule has 2 atom stereocenters. The fourth-order valence-corrected chi connectivity index (χ4v) is 3.07. The van der Waals surface area contributed by atoms with Crippen molar-refractivity contribution in [3.63, 3.8) is 0 Å². The van der Waals surface area contributed by atoms with Gasteiger partial charge in [0.05, 0.1) is 24.9 Å². The third-order valence-electron chi connectivity index (χ3n) is 4.37. The Morgan fingerprint density at radius 3 is 3.05 bits per heavy atom. The molecule has 0 bridgehead atoms. The van der Waals surface area contributed by atoms with Crippen molar-refractivity contribution in [3.05, 3.63) is 29.2 Å². The van der Waals surface area contributed by atoms with Gasteiger partial charge in [0.15, 0.2) is 5.65 Å². The van der Waals surface area contributed by atoms with E-state index in [0.29, 0.717) is 24.8 Å². The van der Waals surface area contributed by atoms with E-state index in [9.17, 15) is 13.6 Å². The topological polar surface area (TPSA) is 68.5 Å². The maximum atomic E-state index is 13.1. The Labute approximate surface area is 124 Å². The van der Waals surface area contributed by atoms with E-state index in [1.54, 1.807) is 6.92 Å². The zero-order chi connectivity index (χ0) is 15.5. The Morgan fingerprint density at radius 2 is 2.41 bits per heavy atom. The van der Waals surface area contributed by atoms with E-state index < -0.39 is 6.43 Å². The molecule has 2 fully saturated rings. The molecule has 1 aliphatic carbocycles. The fourth-order valence-electron chi connectivity index (χ4n) is 3.07. The Bertz CT molecular complexity index is 776. The normalized spacial score (nSPS) is 26.5. The van der Waals surface area contributed by atoms with Gasteiger partial charge in [-0.2, -0.15) is 5.10 Å². The number of alkyl halides is 2. The first-order valence-electron chi connectivity index (χ1n) is 7.04. The van der Waals surface area contributed by atoms with E-state index in [1.165, 1.54) is 12.3 Å². The van der Waals surface area contributed by atoms with Crippen LogP contribution in [0.2, 0.25) is 0 Å². The molecule has 4 rings (SSSR count). The molecule has 1 N–H and O–H groups in total. The number of aromatic nitrogens is 3. The zero-order valence-corrected chi connectivity index (χ0v) is 11.8. The average molecular weight is 308 g/mol. The lowest BCUT2D eigenvalue weighted by Gasteiger charge is -2.13. The molecule has 0 radical (unpaired) electrons. The highest BCUT2D eigenvalue weighted by molar-refractivity contribution is 6.00. The van der Waals surface area contributed by atoms with E-state index >= 15 is 0 Å². The van der Waals surface area contributed by atoms with Crippen molar-refractivity contribution in [3.8, 4) is 0 Å². The summed E-state index contributed by atoms with van der Waals surface area (Å²) in [7, 11) is 0. The summed E-state index contributed by atoms with van der Waals surface area (Å²) < 4.78 is 32.5. The van der Waals surface area contributed by atoms with Crippen molar-refractivity contribution in [2.45, 2.75) is 25.3 Å². The minimum atomic E-state index is -2.69. The van der Waals surface area contributed by atoms with Gasteiger partial charge in [0.1, 0.15) is 11.3 Å². The lowest BCUT2D eigenvalue weighted by atomic mass is 10.2. The standard InChI is InChI=1S/C14H14F2N4O2/c1-7-2-10(11(15)16)20-12(18-7)9(4-17-20)13(21)19-14-3-8(14)5-22-6-14/h2,4,8,11H,3,5-6H2,1H3,(H,19,21)/t8-,14-/m0/s1. The lowest BCUT2D eigenvalue weighted by molar-refractivity contribution is 0.0907. The number of fused-ring (bicyclic) bond motifs is 2. The van der Waals surface area contributed by atoms with Crippen LogP contribution in [0.1, 0.15) is 34.6 Å². The molecule has 3 heterocycles. The molecule has 6 nitrogen and oxygen atoms in total. The predicted molar refractivity (Wildman–Crippen MR) is 71.8 cm³/mol. The highest BCUT2D eigenvalue weighted by atomic mass is 19.3. The molecule has 0 spiro atoms. The van der Waals surface area contributed by atoms with E-state index in [-0.39, 0.29) is 28.4 Å². The number of amides is 1. The third-order valence-corrected chi connectivity index (χ3v) is 4.37. The lowest BCUT2D eigenvalue weighted by Crippen LogP contribution is -2.39. The minimum Gasteiger partial charge on any atom is -0.379 e. The predicted octanol–water partition coefficient (Wildman–Crippen LogP) is 1.49. The number of hydrogen-bond donors (Lipinski definition) is 1. The van der Waals surface area contributed by atoms with Gasteiger partial charge < -0.3 is 10.1 Å². The molecule has 2 aromatic heterocycles. The van der Waals surface area contributed by atoms with Crippen LogP contribution in [0.4, 0.5) is 8.78 Å². The first-order chi connectivity index (χ1) is 10.5. The van der Waals surface area contributed by atoms with Gasteiger partial charge in [-0.1, -0.05) is 0 Å². The third kappa shape index (κ3) is 1.90. The average Bonchev–Trinajstić information content (AvgIpc) is 2.83. The maximum Gasteiger partial charge on any atom is 0.280 e. The largest absolute Gasteiger partial charge is 0.379 e. The number of nitrogens with one attached hydrogen (secondary N) is 1. The highest BCUT2D eigenvalue weighted by Gasteiger charge is 2.59. The summed E-state index contributed by atoms with van der Waals surface area (Å²) in [5.41, 5.74) is 0.218. The summed E-state index contributed by atoms with van der Waals surface area (Å²) in [6.07, 6.45) is -0.505. The molecule has 2 aliphatic rings. The van der Waals surface area contributed by atoms with Gasteiger partial charge in [0.25, 0.3) is 12.3 Å². The second-order valence-electron chi connectivity index (χ2n) is 5.94. The van der Waals surface area contributed by atoms with Crippen molar-refractivity contribution in [2.24, 2.45) is 5.92 Å². The van der Waals surface area contributed by atoms with Crippen LogP contribution >= 0.6 is 0 Å². The van der Waals surface area contributed by atoms with Crippen molar-refractivity contribution in [1.29, 1.82) is 0 Å². The van der Waals surface area contributed by atoms with Gasteiger partial charge in [0.2, 0.25) is 0 Å². The van der Waals surface area contributed by atoms with Crippen LogP contribution in [0.15, 0.2) is 12.3 Å². The van der Waals surface area contributed by atoms with Crippen molar-refractivity contribution >= 4 is 11.6 Å². The molecule has 1 saturated carbocycles. The second-order valence-corrected chi connectivity index (χ2v) is 5.94. The van der Waals surface area contributed by atoms with Crippen LogP contribution in [0.25, 0.3) is 5.65 Å². The number of carbonyl (C=O) groups excluding carboxylic acids is 1. The number of carbonyl (C=O) groups is 1. The zero-order valence-electron chi connectivity index (χ0n) is 11.8. The second kappa shape index (κ2) is 4.45. The molecule has 1 amide bonds. The molecular formula is C14H14F2N4O2. The van der Waals surface area contributed by atoms with Gasteiger partial charge >= 0.3 is 0 Å². The van der Waals surface area contributed by atoms with Gasteiger partial charge in [-0.3, -0.25) is 4.79 Å². The van der Waals surface area contributed by atoms with Crippen LogP contribution in [0, 0.1) is 12.8 Å². The molecule has 0 unspecified atom stereocenters. The molecule has 8 heteroatoms. The summed E-state index contributed by atoms with van der Waals surface area (Å²) >= 11 is 0. The van der Waals surface area contributed by atoms with Gasteiger partial charge in [-0.25, -0.2) is 18.3 Å². The first kappa shape index (κ1) is 13.6. The van der Waals surface area contributed by atoms with Gasteiger partial charge in [-0.15, -0.1) is 0 Å². The summed E-state index contributed by atoms with van der Waals surface area (Å²) in [4.78, 5) is 16.6. The summed E-state index contributed by atoms with van der Waals surface area (Å²) in [6.45, 7) is 2.76. The molecule has 22 heavy (non-hydrogen) atoms. The molecule has 2 aromatic rings. The Balaban J connectivity index is 1.71. The fraction of sp³-hybridized carbons (Fsp3) is 0.500. The number of hydrogen-bond acceptors (Lipinski definition) is 4. The molecular weight excluding hydrogens is 294 g/mol. The van der Waals surface area contributed by atoms with Gasteiger partial charge in [-0.05, 0) is 19.4 Å². The highest BCUT2D eigenvalue weighted by Crippen LogP contribution is 2.48. The first-order valence-corrected chi connectivity index (χ1v) is 7.04. The molecule has 0 aromatic carbocycles. The smallest absolute Gasteiger partial charge is 0.280 e. The number of aryl methyl sites for hydroxylation is 1. The van der Waals surface area contributed by atoms with Crippen molar-refractivity contribution in [1.82, 2.24) is 19.9 Å². The minimum absolute atomic E-state index is 0.153. The number of ether oxygens (including phenoxy) is 1. The quantitative estimate of drug-likeness (QED) is 0.933. The number of halogens is 2. The van der Waals surface area contributed by atoms with E-state index in [2.05, 4.69) is 15.4 Å². The molecule has 1 saturated heterocycles. The summed E-state index contributed by atoms with van der Waals surface area (Å²) in [6, 6.07) is 1.27. The maximum absolute atomic E-state index is 13.1. The van der Waals surface area contributed by atoms with Crippen LogP contribution < -0.4 is 5.32 Å².